The molecule has 0 spiro atoms. The van der Waals surface area contributed by atoms with E-state index in [0.717, 1.165) is 17.7 Å². The van der Waals surface area contributed by atoms with Gasteiger partial charge in [0.1, 0.15) is 6.10 Å². The number of nitrogens with zero attached hydrogens (tertiary/aromatic N) is 2. The third-order valence-electron chi connectivity index (χ3n) is 7.48. The molecule has 1 saturated heterocycles. The minimum atomic E-state index is -0.436. The summed E-state index contributed by atoms with van der Waals surface area (Å²) < 4.78 is 5.01. The Balaban J connectivity index is 1.29. The van der Waals surface area contributed by atoms with Gasteiger partial charge in [-0.25, -0.2) is 4.79 Å². The van der Waals surface area contributed by atoms with Gasteiger partial charge in [0.2, 0.25) is 11.8 Å². The van der Waals surface area contributed by atoms with Crippen molar-refractivity contribution in [3.63, 3.8) is 0 Å². The average Bonchev–Trinajstić information content (AvgIpc) is 3.55. The lowest BCUT2D eigenvalue weighted by atomic mass is 9.71. The zero-order valence-electron chi connectivity index (χ0n) is 17.8. The highest BCUT2D eigenvalue weighted by molar-refractivity contribution is 6.34. The molecule has 6 atom stereocenters. The number of hydrogen-bond donors (Lipinski definition) is 0. The number of ether oxygens (including phenoxy) is 1. The minimum Gasteiger partial charge on any atom is -0.462 e. The number of carbonyl (C=O) groups excluding carboxylic acids is 3. The SMILES string of the molecule is CCOC(=O)c1ccc(N2C(=O)[C@H]3[C@@H]4C[C@H]([C@H]5C(c6ccccc6Cl)=NO[C@H]45)[C@@H]3C2=O)cc1. The van der Waals surface area contributed by atoms with Crippen LogP contribution in [0.1, 0.15) is 29.3 Å². The van der Waals surface area contributed by atoms with Crippen molar-refractivity contribution in [3.8, 4) is 0 Å². The fraction of sp³-hybridized carbons (Fsp3) is 0.360. The van der Waals surface area contributed by atoms with Crippen molar-refractivity contribution in [2.75, 3.05) is 11.5 Å². The fourth-order valence-corrected chi connectivity index (χ4v) is 6.47. The van der Waals surface area contributed by atoms with Crippen LogP contribution in [0.5, 0.6) is 0 Å². The zero-order valence-corrected chi connectivity index (χ0v) is 18.6. The van der Waals surface area contributed by atoms with Crippen molar-refractivity contribution < 1.29 is 24.0 Å². The number of rotatable bonds is 4. The first-order chi connectivity index (χ1) is 16.0. The third kappa shape index (κ3) is 2.81. The summed E-state index contributed by atoms with van der Waals surface area (Å²) in [5.41, 5.74) is 2.44. The molecule has 0 N–H and O–H groups in total. The van der Waals surface area contributed by atoms with Crippen molar-refractivity contribution in [3.05, 3.63) is 64.7 Å². The van der Waals surface area contributed by atoms with E-state index in [1.54, 1.807) is 31.2 Å². The summed E-state index contributed by atoms with van der Waals surface area (Å²) in [7, 11) is 0. The first-order valence-electron chi connectivity index (χ1n) is 11.1. The number of carbonyl (C=O) groups is 3. The van der Waals surface area contributed by atoms with Crippen molar-refractivity contribution >= 4 is 40.8 Å². The van der Waals surface area contributed by atoms with Crippen LogP contribution in [0, 0.1) is 29.6 Å². The molecule has 6 rings (SSSR count). The third-order valence-corrected chi connectivity index (χ3v) is 7.81. The topological polar surface area (TPSA) is 85.3 Å². The number of imide groups is 1. The van der Waals surface area contributed by atoms with Gasteiger partial charge in [0, 0.05) is 22.4 Å². The predicted octanol–water partition coefficient (Wildman–Crippen LogP) is 3.69. The Morgan fingerprint density at radius 2 is 1.76 bits per heavy atom. The average molecular weight is 465 g/mol. The Morgan fingerprint density at radius 3 is 2.45 bits per heavy atom. The Morgan fingerprint density at radius 1 is 1.06 bits per heavy atom. The molecule has 3 fully saturated rings. The van der Waals surface area contributed by atoms with Crippen molar-refractivity contribution in [2.24, 2.45) is 34.7 Å². The molecule has 2 bridgehead atoms. The van der Waals surface area contributed by atoms with E-state index in [2.05, 4.69) is 5.16 Å². The second-order valence-corrected chi connectivity index (χ2v) is 9.35. The van der Waals surface area contributed by atoms with Gasteiger partial charge in [-0.05, 0) is 49.6 Å². The summed E-state index contributed by atoms with van der Waals surface area (Å²) in [6.45, 7) is 2.02. The predicted molar refractivity (Wildman–Crippen MR) is 120 cm³/mol. The van der Waals surface area contributed by atoms with Gasteiger partial charge in [-0.1, -0.05) is 35.0 Å². The lowest BCUT2D eigenvalue weighted by Crippen LogP contribution is -2.41. The maximum atomic E-state index is 13.5. The molecule has 0 aromatic heterocycles. The van der Waals surface area contributed by atoms with Gasteiger partial charge < -0.3 is 9.57 Å². The normalized spacial score (nSPS) is 31.3. The number of fused-ring (bicyclic) bond motifs is 8. The molecule has 4 aliphatic rings. The molecule has 0 unspecified atom stereocenters. The maximum Gasteiger partial charge on any atom is 0.338 e. The maximum absolute atomic E-state index is 13.5. The van der Waals surface area contributed by atoms with E-state index in [1.165, 1.54) is 4.90 Å². The molecular formula is C25H21ClN2O5. The Labute approximate surface area is 195 Å². The molecule has 2 heterocycles. The van der Waals surface area contributed by atoms with E-state index in [-0.39, 0.29) is 42.3 Å². The molecular weight excluding hydrogens is 444 g/mol. The molecule has 2 amide bonds. The summed E-state index contributed by atoms with van der Waals surface area (Å²) in [4.78, 5) is 46.0. The number of benzene rings is 2. The molecule has 8 heteroatoms. The van der Waals surface area contributed by atoms with E-state index in [9.17, 15) is 14.4 Å². The monoisotopic (exact) mass is 464 g/mol. The molecule has 2 saturated carbocycles. The van der Waals surface area contributed by atoms with E-state index in [1.807, 2.05) is 24.3 Å². The molecule has 2 aromatic rings. The molecule has 2 aliphatic carbocycles. The van der Waals surface area contributed by atoms with Gasteiger partial charge in [0.05, 0.1) is 35.4 Å². The summed E-state index contributed by atoms with van der Waals surface area (Å²) in [6.07, 6.45) is 0.548. The van der Waals surface area contributed by atoms with Gasteiger partial charge in [0.15, 0.2) is 0 Å². The summed E-state index contributed by atoms with van der Waals surface area (Å²) in [6, 6.07) is 13.9. The number of halogens is 1. The lowest BCUT2D eigenvalue weighted by molar-refractivity contribution is -0.125. The standard InChI is InChI=1S/C25H21ClN2O5/c1-2-32-25(31)12-7-9-13(10-8-12)28-23(29)18-15-11-16(19(18)24(28)30)22-20(15)21(27-33-22)14-5-3-4-6-17(14)26/h3-10,15-16,18-20,22H,2,11H2,1H3/t15-,16-,18-,19-,20-,22+/m0/s1. The van der Waals surface area contributed by atoms with Crippen LogP contribution in [0.4, 0.5) is 5.69 Å². The van der Waals surface area contributed by atoms with Crippen LogP contribution < -0.4 is 4.90 Å². The van der Waals surface area contributed by atoms with Gasteiger partial charge in [-0.15, -0.1) is 0 Å². The molecule has 2 aliphatic heterocycles. The Hall–Kier alpha value is -3.19. The van der Waals surface area contributed by atoms with Crippen molar-refractivity contribution in [2.45, 2.75) is 19.4 Å². The van der Waals surface area contributed by atoms with Gasteiger partial charge >= 0.3 is 5.97 Å². The van der Waals surface area contributed by atoms with Gasteiger partial charge in [0.25, 0.3) is 0 Å². The van der Waals surface area contributed by atoms with E-state index >= 15 is 0 Å². The Bertz CT molecular complexity index is 1210. The second kappa shape index (κ2) is 7.42. The van der Waals surface area contributed by atoms with Crippen LogP contribution in [0.2, 0.25) is 5.02 Å². The van der Waals surface area contributed by atoms with Crippen molar-refractivity contribution in [1.82, 2.24) is 0 Å². The smallest absolute Gasteiger partial charge is 0.338 e. The van der Waals surface area contributed by atoms with Gasteiger partial charge in [-0.2, -0.15) is 0 Å². The van der Waals surface area contributed by atoms with Crippen molar-refractivity contribution in [1.29, 1.82) is 0 Å². The molecule has 33 heavy (non-hydrogen) atoms. The van der Waals surface area contributed by atoms with E-state index in [0.29, 0.717) is 16.3 Å². The summed E-state index contributed by atoms with van der Waals surface area (Å²) in [5, 5.41) is 4.93. The number of amides is 2. The Kier molecular flexibility index (Phi) is 4.59. The number of hydrogen-bond acceptors (Lipinski definition) is 6. The molecule has 7 nitrogen and oxygen atoms in total. The van der Waals surface area contributed by atoms with Crippen LogP contribution in [-0.4, -0.2) is 36.2 Å². The lowest BCUT2D eigenvalue weighted by Gasteiger charge is -2.30. The number of oxime groups is 1. The van der Waals surface area contributed by atoms with Crippen LogP contribution in [0.3, 0.4) is 0 Å². The highest BCUT2D eigenvalue weighted by Crippen LogP contribution is 2.62. The van der Waals surface area contributed by atoms with Gasteiger partial charge in [-0.3, -0.25) is 14.5 Å². The first-order valence-corrected chi connectivity index (χ1v) is 11.5. The highest BCUT2D eigenvalue weighted by atomic mass is 35.5. The summed E-state index contributed by atoms with van der Waals surface area (Å²) >= 11 is 6.42. The second-order valence-electron chi connectivity index (χ2n) is 8.95. The van der Waals surface area contributed by atoms with E-state index in [4.69, 9.17) is 21.2 Å². The van der Waals surface area contributed by atoms with Crippen LogP contribution in [-0.2, 0) is 19.2 Å². The quantitative estimate of drug-likeness (QED) is 0.509. The summed E-state index contributed by atoms with van der Waals surface area (Å²) in [5.74, 6) is -1.78. The zero-order chi connectivity index (χ0) is 22.9. The molecule has 0 radical (unpaired) electrons. The number of anilines is 1. The molecule has 168 valence electrons. The van der Waals surface area contributed by atoms with E-state index < -0.39 is 17.8 Å². The van der Waals surface area contributed by atoms with Crippen LogP contribution >= 0.6 is 11.6 Å². The number of esters is 1. The molecule has 2 aromatic carbocycles. The first kappa shape index (κ1) is 20.4. The largest absolute Gasteiger partial charge is 0.462 e. The minimum absolute atomic E-state index is 0.0252. The van der Waals surface area contributed by atoms with Crippen LogP contribution in [0.15, 0.2) is 53.7 Å². The highest BCUT2D eigenvalue weighted by Gasteiger charge is 2.70. The fourth-order valence-electron chi connectivity index (χ4n) is 6.23. The van der Waals surface area contributed by atoms with Crippen LogP contribution in [0.25, 0.3) is 0 Å².